The van der Waals surface area contributed by atoms with Crippen LogP contribution in [0.2, 0.25) is 0 Å². The molecule has 3 N–H and O–H groups in total. The first-order chi connectivity index (χ1) is 11.1. The molecule has 1 aliphatic rings. The molecule has 3 rings (SSSR count). The molecule has 1 aromatic heterocycles. The summed E-state index contributed by atoms with van der Waals surface area (Å²) < 4.78 is 5.20. The van der Waals surface area contributed by atoms with Gasteiger partial charge in [0.1, 0.15) is 11.4 Å². The van der Waals surface area contributed by atoms with Crippen LogP contribution >= 0.6 is 0 Å². The predicted octanol–water partition coefficient (Wildman–Crippen LogP) is 1.90. The maximum Gasteiger partial charge on any atom is 0.270 e. The number of benzene rings is 1. The number of amides is 2. The summed E-state index contributed by atoms with van der Waals surface area (Å²) in [4.78, 5) is 28.8. The maximum atomic E-state index is 12.7. The van der Waals surface area contributed by atoms with Crippen LogP contribution in [-0.4, -0.2) is 41.9 Å². The van der Waals surface area contributed by atoms with Gasteiger partial charge < -0.3 is 20.4 Å². The SMILES string of the molecule is COc1ccc2cc(C(=O)N3CCC[C@H](CC(N)=O)C3)[nH]c2c1. The van der Waals surface area contributed by atoms with E-state index >= 15 is 0 Å². The Morgan fingerprint density at radius 3 is 2.96 bits per heavy atom. The second-order valence-electron chi connectivity index (χ2n) is 6.07. The Kier molecular flexibility index (Phi) is 4.23. The van der Waals surface area contributed by atoms with Gasteiger partial charge in [0.25, 0.3) is 5.91 Å². The van der Waals surface area contributed by atoms with Gasteiger partial charge in [0.2, 0.25) is 5.91 Å². The number of fused-ring (bicyclic) bond motifs is 1. The van der Waals surface area contributed by atoms with Gasteiger partial charge in [-0.25, -0.2) is 0 Å². The van der Waals surface area contributed by atoms with Crippen LogP contribution in [0.4, 0.5) is 0 Å². The van der Waals surface area contributed by atoms with Crippen LogP contribution in [0, 0.1) is 5.92 Å². The number of ether oxygens (including phenoxy) is 1. The van der Waals surface area contributed by atoms with Crippen molar-refractivity contribution in [1.82, 2.24) is 9.88 Å². The number of piperidine rings is 1. The molecule has 0 spiro atoms. The fourth-order valence-electron chi connectivity index (χ4n) is 3.22. The van der Waals surface area contributed by atoms with Crippen molar-refractivity contribution in [3.8, 4) is 5.75 Å². The van der Waals surface area contributed by atoms with Crippen molar-refractivity contribution in [1.29, 1.82) is 0 Å². The minimum atomic E-state index is -0.304. The van der Waals surface area contributed by atoms with E-state index in [4.69, 9.17) is 10.5 Å². The summed E-state index contributed by atoms with van der Waals surface area (Å²) in [5.74, 6) is 0.573. The number of aromatic nitrogens is 1. The number of hydrogen-bond donors (Lipinski definition) is 2. The van der Waals surface area contributed by atoms with Gasteiger partial charge in [-0.3, -0.25) is 9.59 Å². The molecular weight excluding hydrogens is 294 g/mol. The number of carbonyl (C=O) groups is 2. The standard InChI is InChI=1S/C17H21N3O3/c1-23-13-5-4-12-8-15(19-14(12)9-13)17(22)20-6-2-3-11(10-20)7-16(18)21/h4-5,8-9,11,19H,2-3,6-7,10H2,1H3,(H2,18,21)/t11-/m1/s1. The molecule has 1 atom stereocenters. The zero-order chi connectivity index (χ0) is 16.4. The van der Waals surface area contributed by atoms with Crippen molar-refractivity contribution in [2.75, 3.05) is 20.2 Å². The van der Waals surface area contributed by atoms with Crippen LogP contribution < -0.4 is 10.5 Å². The lowest BCUT2D eigenvalue weighted by molar-refractivity contribution is -0.119. The minimum Gasteiger partial charge on any atom is -0.497 e. The molecule has 0 saturated carbocycles. The zero-order valence-corrected chi connectivity index (χ0v) is 13.2. The van der Waals surface area contributed by atoms with Gasteiger partial charge in [0.05, 0.1) is 7.11 Å². The normalized spacial score (nSPS) is 18.1. The highest BCUT2D eigenvalue weighted by Gasteiger charge is 2.26. The zero-order valence-electron chi connectivity index (χ0n) is 13.2. The molecule has 23 heavy (non-hydrogen) atoms. The highest BCUT2D eigenvalue weighted by Crippen LogP contribution is 2.24. The predicted molar refractivity (Wildman–Crippen MR) is 87.3 cm³/mol. The molecule has 1 aromatic carbocycles. The Labute approximate surface area is 134 Å². The van der Waals surface area contributed by atoms with Crippen molar-refractivity contribution in [3.05, 3.63) is 30.0 Å². The number of nitrogens with zero attached hydrogens (tertiary/aromatic N) is 1. The Hall–Kier alpha value is -2.50. The Morgan fingerprint density at radius 2 is 2.22 bits per heavy atom. The topological polar surface area (TPSA) is 88.4 Å². The third kappa shape index (κ3) is 3.31. The Morgan fingerprint density at radius 1 is 1.39 bits per heavy atom. The van der Waals surface area contributed by atoms with Crippen molar-refractivity contribution in [3.63, 3.8) is 0 Å². The number of likely N-dealkylation sites (tertiary alicyclic amines) is 1. The number of H-pyrrole nitrogens is 1. The van der Waals surface area contributed by atoms with Crippen LogP contribution in [0.1, 0.15) is 29.8 Å². The van der Waals surface area contributed by atoms with E-state index in [0.717, 1.165) is 29.5 Å². The average Bonchev–Trinajstić information content (AvgIpc) is 2.96. The van der Waals surface area contributed by atoms with Crippen molar-refractivity contribution < 1.29 is 14.3 Å². The van der Waals surface area contributed by atoms with Crippen LogP contribution in [0.5, 0.6) is 5.75 Å². The Balaban J connectivity index is 1.78. The van der Waals surface area contributed by atoms with E-state index in [1.54, 1.807) is 12.0 Å². The van der Waals surface area contributed by atoms with E-state index in [1.165, 1.54) is 0 Å². The molecule has 2 amide bonds. The van der Waals surface area contributed by atoms with Gasteiger partial charge in [-0.1, -0.05) is 0 Å². The molecule has 122 valence electrons. The average molecular weight is 315 g/mol. The number of aromatic amines is 1. The van der Waals surface area contributed by atoms with Crippen LogP contribution in [0.3, 0.4) is 0 Å². The summed E-state index contributed by atoms with van der Waals surface area (Å²) in [5.41, 5.74) is 6.71. The molecule has 2 aromatic rings. The molecule has 6 heteroatoms. The lowest BCUT2D eigenvalue weighted by atomic mass is 9.94. The van der Waals surface area contributed by atoms with E-state index in [9.17, 15) is 9.59 Å². The second-order valence-corrected chi connectivity index (χ2v) is 6.07. The van der Waals surface area contributed by atoms with Crippen molar-refractivity contribution >= 4 is 22.7 Å². The third-order valence-corrected chi connectivity index (χ3v) is 4.36. The number of nitrogens with two attached hydrogens (primary N) is 1. The molecule has 0 bridgehead atoms. The van der Waals surface area contributed by atoms with Gasteiger partial charge in [-0.2, -0.15) is 0 Å². The molecule has 1 saturated heterocycles. The lowest BCUT2D eigenvalue weighted by Crippen LogP contribution is -2.41. The molecule has 0 unspecified atom stereocenters. The van der Waals surface area contributed by atoms with E-state index in [2.05, 4.69) is 4.98 Å². The molecule has 0 aliphatic carbocycles. The maximum absolute atomic E-state index is 12.7. The smallest absolute Gasteiger partial charge is 0.270 e. The van der Waals surface area contributed by atoms with Crippen LogP contribution in [0.25, 0.3) is 10.9 Å². The number of rotatable bonds is 4. The fourth-order valence-corrected chi connectivity index (χ4v) is 3.22. The van der Waals surface area contributed by atoms with Crippen molar-refractivity contribution in [2.24, 2.45) is 11.7 Å². The van der Waals surface area contributed by atoms with Gasteiger partial charge in [0.15, 0.2) is 0 Å². The summed E-state index contributed by atoms with van der Waals surface area (Å²) in [6.07, 6.45) is 2.18. The first-order valence-corrected chi connectivity index (χ1v) is 7.81. The molecule has 2 heterocycles. The fraction of sp³-hybridized carbons (Fsp3) is 0.412. The second kappa shape index (κ2) is 6.32. The first kappa shape index (κ1) is 15.4. The summed E-state index contributed by atoms with van der Waals surface area (Å²) in [5, 5.41) is 0.972. The van der Waals surface area contributed by atoms with Gasteiger partial charge in [-0.05, 0) is 37.0 Å². The molecule has 6 nitrogen and oxygen atoms in total. The number of hydrogen-bond acceptors (Lipinski definition) is 3. The van der Waals surface area contributed by atoms with E-state index in [0.29, 0.717) is 25.2 Å². The summed E-state index contributed by atoms with van der Waals surface area (Å²) >= 11 is 0. The minimum absolute atomic E-state index is 0.0330. The molecular formula is C17H21N3O3. The summed E-state index contributed by atoms with van der Waals surface area (Å²) in [6, 6.07) is 7.52. The monoisotopic (exact) mass is 315 g/mol. The van der Waals surface area contributed by atoms with E-state index in [-0.39, 0.29) is 17.7 Å². The van der Waals surface area contributed by atoms with Crippen LogP contribution in [0.15, 0.2) is 24.3 Å². The molecule has 1 aliphatic heterocycles. The number of methoxy groups -OCH3 is 1. The summed E-state index contributed by atoms with van der Waals surface area (Å²) in [6.45, 7) is 1.30. The first-order valence-electron chi connectivity index (χ1n) is 7.81. The van der Waals surface area contributed by atoms with Crippen LogP contribution in [-0.2, 0) is 4.79 Å². The van der Waals surface area contributed by atoms with Gasteiger partial charge >= 0.3 is 0 Å². The summed E-state index contributed by atoms with van der Waals surface area (Å²) in [7, 11) is 1.61. The highest BCUT2D eigenvalue weighted by atomic mass is 16.5. The van der Waals surface area contributed by atoms with E-state index < -0.39 is 0 Å². The van der Waals surface area contributed by atoms with Gasteiger partial charge in [-0.15, -0.1) is 0 Å². The molecule has 0 radical (unpaired) electrons. The van der Waals surface area contributed by atoms with E-state index in [1.807, 2.05) is 24.3 Å². The number of primary amides is 1. The van der Waals surface area contributed by atoms with Crippen molar-refractivity contribution in [2.45, 2.75) is 19.3 Å². The number of nitrogens with one attached hydrogen (secondary N) is 1. The Bertz CT molecular complexity index is 738. The van der Waals surface area contributed by atoms with Gasteiger partial charge in [0, 0.05) is 36.5 Å². The highest BCUT2D eigenvalue weighted by molar-refractivity contribution is 5.98. The quantitative estimate of drug-likeness (QED) is 0.903. The largest absolute Gasteiger partial charge is 0.497 e. The number of carbonyl (C=O) groups excluding carboxylic acids is 2. The molecule has 1 fully saturated rings. The third-order valence-electron chi connectivity index (χ3n) is 4.36. The lowest BCUT2D eigenvalue weighted by Gasteiger charge is -2.32.